The predicted octanol–water partition coefficient (Wildman–Crippen LogP) is 3.84. The second kappa shape index (κ2) is 10.7. The average Bonchev–Trinajstić information content (AvgIpc) is 2.76. The molecule has 0 atom stereocenters. The van der Waals surface area contributed by atoms with Crippen LogP contribution in [0.2, 0.25) is 5.02 Å². The van der Waals surface area contributed by atoms with Crippen LogP contribution in [0.25, 0.3) is 6.08 Å². The van der Waals surface area contributed by atoms with Gasteiger partial charge in [0.1, 0.15) is 12.4 Å². The van der Waals surface area contributed by atoms with Gasteiger partial charge >= 0.3 is 0 Å². The molecule has 1 saturated heterocycles. The first-order valence-corrected chi connectivity index (χ1v) is 10.3. The molecule has 3 rings (SSSR count). The number of anilines is 1. The lowest BCUT2D eigenvalue weighted by Gasteiger charge is -2.31. The molecule has 1 aliphatic heterocycles. The quantitative estimate of drug-likeness (QED) is 0.524. The fourth-order valence-corrected chi connectivity index (χ4v) is 3.57. The number of amides is 1. The number of carbonyl (C=O) groups is 1. The van der Waals surface area contributed by atoms with Crippen LogP contribution < -0.4 is 15.8 Å². The molecule has 2 aromatic carbocycles. The van der Waals surface area contributed by atoms with Crippen molar-refractivity contribution in [3.63, 3.8) is 0 Å². The Morgan fingerprint density at radius 1 is 1.30 bits per heavy atom. The number of rotatable bonds is 7. The van der Waals surface area contributed by atoms with Crippen molar-refractivity contribution >= 4 is 29.3 Å². The van der Waals surface area contributed by atoms with Crippen LogP contribution in [0, 0.1) is 12.3 Å². The zero-order valence-electron chi connectivity index (χ0n) is 16.8. The number of nitrogens with two attached hydrogens (primary N) is 1. The number of carbonyl (C=O) groups excluding carboxylic acids is 1. The summed E-state index contributed by atoms with van der Waals surface area (Å²) in [7, 11) is 0. The summed E-state index contributed by atoms with van der Waals surface area (Å²) in [6.45, 7) is 2.80. The Hall–Kier alpha value is -2.94. The molecular formula is C24H26ClN3O2. The third-order valence-corrected chi connectivity index (χ3v) is 5.38. The van der Waals surface area contributed by atoms with Crippen LogP contribution in [0.15, 0.2) is 48.5 Å². The van der Waals surface area contributed by atoms with Gasteiger partial charge in [0.25, 0.3) is 5.91 Å². The minimum absolute atomic E-state index is 0.0518. The van der Waals surface area contributed by atoms with E-state index in [1.807, 2.05) is 18.2 Å². The molecule has 0 unspecified atom stereocenters. The summed E-state index contributed by atoms with van der Waals surface area (Å²) in [5.41, 5.74) is 7.72. The highest BCUT2D eigenvalue weighted by Crippen LogP contribution is 2.29. The highest BCUT2D eigenvalue weighted by Gasteiger charge is 2.23. The number of piperidine rings is 1. The zero-order valence-corrected chi connectivity index (χ0v) is 17.6. The highest BCUT2D eigenvalue weighted by molar-refractivity contribution is 6.33. The molecule has 1 heterocycles. The van der Waals surface area contributed by atoms with Crippen molar-refractivity contribution in [3.05, 3.63) is 64.7 Å². The Labute approximate surface area is 182 Å². The molecule has 2 aromatic rings. The summed E-state index contributed by atoms with van der Waals surface area (Å²) in [6, 6.07) is 13.4. The molecule has 0 aliphatic carbocycles. The average molecular weight is 424 g/mol. The molecule has 5 nitrogen and oxygen atoms in total. The minimum atomic E-state index is -0.230. The van der Waals surface area contributed by atoms with Crippen LogP contribution in [-0.4, -0.2) is 43.1 Å². The maximum Gasteiger partial charge on any atom is 0.255 e. The zero-order chi connectivity index (χ0) is 21.3. The van der Waals surface area contributed by atoms with Gasteiger partial charge in [-0.2, -0.15) is 0 Å². The van der Waals surface area contributed by atoms with Gasteiger partial charge in [0.05, 0.1) is 16.3 Å². The number of hydrogen-bond acceptors (Lipinski definition) is 4. The van der Waals surface area contributed by atoms with E-state index in [0.29, 0.717) is 22.0 Å². The number of likely N-dealkylation sites (tertiary alicyclic amines) is 1. The second-order valence-corrected chi connectivity index (χ2v) is 7.63. The molecular weight excluding hydrogens is 398 g/mol. The second-order valence-electron chi connectivity index (χ2n) is 7.22. The predicted molar refractivity (Wildman–Crippen MR) is 123 cm³/mol. The van der Waals surface area contributed by atoms with Crippen molar-refractivity contribution in [3.8, 4) is 18.1 Å². The Bertz CT molecular complexity index is 929. The van der Waals surface area contributed by atoms with Gasteiger partial charge in [0.15, 0.2) is 0 Å². The molecule has 156 valence electrons. The summed E-state index contributed by atoms with van der Waals surface area (Å²) >= 11 is 6.10. The molecule has 0 spiro atoms. The van der Waals surface area contributed by atoms with Gasteiger partial charge in [0, 0.05) is 31.7 Å². The van der Waals surface area contributed by atoms with Crippen LogP contribution in [0.3, 0.4) is 0 Å². The number of terminal acetylenes is 1. The largest absolute Gasteiger partial charge is 0.480 e. The number of nitrogens with zero attached hydrogens (tertiary/aromatic N) is 1. The van der Waals surface area contributed by atoms with E-state index in [2.05, 4.69) is 40.4 Å². The molecule has 0 saturated carbocycles. The van der Waals surface area contributed by atoms with Crippen molar-refractivity contribution in [2.45, 2.75) is 18.9 Å². The Morgan fingerprint density at radius 3 is 2.73 bits per heavy atom. The Balaban J connectivity index is 1.52. The maximum atomic E-state index is 12.8. The topological polar surface area (TPSA) is 67.6 Å². The normalized spacial score (nSPS) is 15.1. The first-order chi connectivity index (χ1) is 14.6. The standard InChI is InChI=1S/C24H26ClN3O2/c1-2-15-30-23-17-22(26)21(25)16-20(23)24(29)27-19-10-13-28(14-11-19)12-6-9-18-7-4-3-5-8-18/h1,3-9,16-17,19H,10-15,26H2,(H,27,29). The van der Waals surface area contributed by atoms with Gasteiger partial charge in [0.2, 0.25) is 0 Å². The van der Waals surface area contributed by atoms with Gasteiger partial charge in [-0.25, -0.2) is 0 Å². The molecule has 6 heteroatoms. The minimum Gasteiger partial charge on any atom is -0.480 e. The summed E-state index contributed by atoms with van der Waals surface area (Å²) in [5.74, 6) is 2.50. The van der Waals surface area contributed by atoms with E-state index in [0.717, 1.165) is 32.5 Å². The summed E-state index contributed by atoms with van der Waals surface area (Å²) in [5, 5.41) is 3.40. The third kappa shape index (κ3) is 6.03. The lowest BCUT2D eigenvalue weighted by molar-refractivity contribution is 0.0910. The number of benzene rings is 2. The van der Waals surface area contributed by atoms with Gasteiger partial charge in [-0.3, -0.25) is 9.69 Å². The highest BCUT2D eigenvalue weighted by atomic mass is 35.5. The van der Waals surface area contributed by atoms with Gasteiger partial charge < -0.3 is 15.8 Å². The van der Waals surface area contributed by atoms with Crippen molar-refractivity contribution in [1.29, 1.82) is 0 Å². The molecule has 1 aliphatic rings. The molecule has 0 aromatic heterocycles. The van der Waals surface area contributed by atoms with Crippen LogP contribution in [-0.2, 0) is 0 Å². The first-order valence-electron chi connectivity index (χ1n) is 9.97. The lowest BCUT2D eigenvalue weighted by Crippen LogP contribution is -2.44. The van der Waals surface area contributed by atoms with Crippen molar-refractivity contribution in [1.82, 2.24) is 10.2 Å². The van der Waals surface area contributed by atoms with E-state index in [1.54, 1.807) is 0 Å². The van der Waals surface area contributed by atoms with Crippen LogP contribution in [0.1, 0.15) is 28.8 Å². The number of halogens is 1. The van der Waals surface area contributed by atoms with E-state index < -0.39 is 0 Å². The van der Waals surface area contributed by atoms with Crippen molar-refractivity contribution in [2.24, 2.45) is 0 Å². The SMILES string of the molecule is C#CCOc1cc(N)c(Cl)cc1C(=O)NC1CCN(CC=Cc2ccccc2)CC1. The van der Waals surface area contributed by atoms with Gasteiger partial charge in [-0.05, 0) is 24.5 Å². The van der Waals surface area contributed by atoms with E-state index in [9.17, 15) is 4.79 Å². The van der Waals surface area contributed by atoms with E-state index >= 15 is 0 Å². The monoisotopic (exact) mass is 423 g/mol. The summed E-state index contributed by atoms with van der Waals surface area (Å²) in [6.07, 6.45) is 11.3. The van der Waals surface area contributed by atoms with Gasteiger partial charge in [-0.15, -0.1) is 6.42 Å². The summed E-state index contributed by atoms with van der Waals surface area (Å²) < 4.78 is 5.48. The maximum absolute atomic E-state index is 12.8. The third-order valence-electron chi connectivity index (χ3n) is 5.05. The van der Waals surface area contributed by atoms with Crippen molar-refractivity contribution in [2.75, 3.05) is 32.0 Å². The first kappa shape index (κ1) is 21.8. The molecule has 3 N–H and O–H groups in total. The Morgan fingerprint density at radius 2 is 2.03 bits per heavy atom. The molecule has 1 amide bonds. The van der Waals surface area contributed by atoms with E-state index in [-0.39, 0.29) is 18.6 Å². The molecule has 0 bridgehead atoms. The smallest absolute Gasteiger partial charge is 0.255 e. The van der Waals surface area contributed by atoms with Gasteiger partial charge in [-0.1, -0.05) is 60.0 Å². The van der Waals surface area contributed by atoms with Crippen LogP contribution in [0.4, 0.5) is 5.69 Å². The number of nitrogens with one attached hydrogen (secondary N) is 1. The number of hydrogen-bond donors (Lipinski definition) is 2. The fraction of sp³-hybridized carbons (Fsp3) is 0.292. The fourth-order valence-electron chi connectivity index (χ4n) is 3.41. The number of nitrogen functional groups attached to an aromatic ring is 1. The van der Waals surface area contributed by atoms with E-state index in [4.69, 9.17) is 28.5 Å². The van der Waals surface area contributed by atoms with Crippen molar-refractivity contribution < 1.29 is 9.53 Å². The number of ether oxygens (including phenoxy) is 1. The molecule has 0 radical (unpaired) electrons. The Kier molecular flexibility index (Phi) is 7.78. The molecule has 30 heavy (non-hydrogen) atoms. The van der Waals surface area contributed by atoms with Crippen LogP contribution in [0.5, 0.6) is 5.75 Å². The molecule has 1 fully saturated rings. The van der Waals surface area contributed by atoms with Crippen LogP contribution >= 0.6 is 11.6 Å². The van der Waals surface area contributed by atoms with E-state index in [1.165, 1.54) is 17.7 Å². The summed E-state index contributed by atoms with van der Waals surface area (Å²) in [4.78, 5) is 15.2. The lowest BCUT2D eigenvalue weighted by atomic mass is 10.0.